The largest absolute Gasteiger partial charge is 0.452 e. The van der Waals surface area contributed by atoms with Gasteiger partial charge in [0.25, 0.3) is 11.6 Å². The molecule has 1 saturated carbocycles. The van der Waals surface area contributed by atoms with Crippen LogP contribution >= 0.6 is 0 Å². The van der Waals surface area contributed by atoms with Gasteiger partial charge in [0.05, 0.1) is 10.5 Å². The maximum Gasteiger partial charge on any atom is 0.338 e. The number of aryl methyl sites for hydroxylation is 1. The van der Waals surface area contributed by atoms with Gasteiger partial charge in [-0.1, -0.05) is 18.9 Å². The minimum Gasteiger partial charge on any atom is -0.452 e. The van der Waals surface area contributed by atoms with E-state index in [1.165, 1.54) is 12.1 Å². The van der Waals surface area contributed by atoms with Gasteiger partial charge in [0.15, 0.2) is 6.61 Å². The molecule has 0 saturated heterocycles. The second-order valence-electron chi connectivity index (χ2n) is 5.84. The first kappa shape index (κ1) is 18.4. The third kappa shape index (κ3) is 5.27. The van der Waals surface area contributed by atoms with Gasteiger partial charge in [-0.2, -0.15) is 0 Å². The number of urea groups is 1. The Bertz CT molecular complexity index is 697. The zero-order chi connectivity index (χ0) is 18.4. The van der Waals surface area contributed by atoms with Crippen LogP contribution in [0.4, 0.5) is 10.5 Å². The average Bonchev–Trinajstić information content (AvgIpc) is 3.05. The number of nitrogens with one attached hydrogen (secondary N) is 2. The number of hydrogen-bond donors (Lipinski definition) is 2. The summed E-state index contributed by atoms with van der Waals surface area (Å²) < 4.78 is 4.78. The van der Waals surface area contributed by atoms with Crippen molar-refractivity contribution in [2.75, 3.05) is 6.61 Å². The van der Waals surface area contributed by atoms with Crippen LogP contribution < -0.4 is 10.6 Å². The second kappa shape index (κ2) is 8.22. The topological polar surface area (TPSA) is 128 Å². The molecule has 2 N–H and O–H groups in total. The van der Waals surface area contributed by atoms with Crippen LogP contribution in [0.1, 0.15) is 41.6 Å². The lowest BCUT2D eigenvalue weighted by atomic mass is 10.1. The van der Waals surface area contributed by atoms with E-state index in [0.717, 1.165) is 31.7 Å². The number of esters is 1. The Morgan fingerprint density at radius 3 is 2.60 bits per heavy atom. The Balaban J connectivity index is 1.82. The molecule has 0 atom stereocenters. The molecule has 1 fully saturated rings. The van der Waals surface area contributed by atoms with Crippen molar-refractivity contribution >= 4 is 23.6 Å². The van der Waals surface area contributed by atoms with Crippen LogP contribution in [-0.4, -0.2) is 35.5 Å². The number of ether oxygens (including phenoxy) is 1. The molecule has 0 radical (unpaired) electrons. The fraction of sp³-hybridized carbons (Fsp3) is 0.438. The number of carbonyl (C=O) groups excluding carboxylic acids is 3. The minimum absolute atomic E-state index is 0.0412. The van der Waals surface area contributed by atoms with Crippen molar-refractivity contribution in [2.45, 2.75) is 38.6 Å². The lowest BCUT2D eigenvalue weighted by molar-refractivity contribution is -0.385. The number of imide groups is 1. The SMILES string of the molecule is Cc1ccc(C(=O)OCC(=O)NC(=O)NC2CCCC2)cc1[N+](=O)[O-]. The Kier molecular flexibility index (Phi) is 6.04. The Labute approximate surface area is 143 Å². The third-order valence-electron chi connectivity index (χ3n) is 3.92. The fourth-order valence-electron chi connectivity index (χ4n) is 2.60. The van der Waals surface area contributed by atoms with Crippen LogP contribution in [-0.2, 0) is 9.53 Å². The number of rotatable bonds is 5. The molecule has 0 unspecified atom stereocenters. The number of benzene rings is 1. The molecular formula is C16H19N3O6. The number of nitro benzene ring substituents is 1. The number of carbonyl (C=O) groups is 3. The van der Waals surface area contributed by atoms with E-state index >= 15 is 0 Å². The predicted molar refractivity (Wildman–Crippen MR) is 87.0 cm³/mol. The maximum absolute atomic E-state index is 11.9. The highest BCUT2D eigenvalue weighted by Gasteiger charge is 2.20. The van der Waals surface area contributed by atoms with Gasteiger partial charge in [-0.3, -0.25) is 20.2 Å². The summed E-state index contributed by atoms with van der Waals surface area (Å²) in [6.45, 7) is 0.891. The van der Waals surface area contributed by atoms with Gasteiger partial charge in [-0.15, -0.1) is 0 Å². The number of amides is 3. The van der Waals surface area contributed by atoms with Gasteiger partial charge in [0, 0.05) is 17.7 Å². The van der Waals surface area contributed by atoms with E-state index in [1.54, 1.807) is 6.92 Å². The minimum atomic E-state index is -0.880. The summed E-state index contributed by atoms with van der Waals surface area (Å²) in [5.74, 6) is -1.65. The van der Waals surface area contributed by atoms with Crippen molar-refractivity contribution in [3.8, 4) is 0 Å². The molecule has 0 heterocycles. The molecule has 1 aliphatic rings. The van der Waals surface area contributed by atoms with E-state index < -0.39 is 29.4 Å². The van der Waals surface area contributed by atoms with Crippen LogP contribution in [0.5, 0.6) is 0 Å². The summed E-state index contributed by atoms with van der Waals surface area (Å²) in [5, 5.41) is 15.6. The van der Waals surface area contributed by atoms with E-state index in [1.807, 2.05) is 0 Å². The van der Waals surface area contributed by atoms with Crippen molar-refractivity contribution in [2.24, 2.45) is 0 Å². The molecule has 9 nitrogen and oxygen atoms in total. The van der Waals surface area contributed by atoms with Crippen molar-refractivity contribution in [3.05, 3.63) is 39.4 Å². The molecule has 1 aromatic rings. The second-order valence-corrected chi connectivity index (χ2v) is 5.84. The van der Waals surface area contributed by atoms with Crippen LogP contribution in [0.3, 0.4) is 0 Å². The van der Waals surface area contributed by atoms with Crippen molar-refractivity contribution in [1.82, 2.24) is 10.6 Å². The lowest BCUT2D eigenvalue weighted by Crippen LogP contribution is -2.44. The molecule has 0 spiro atoms. The molecular weight excluding hydrogens is 330 g/mol. The molecule has 134 valence electrons. The van der Waals surface area contributed by atoms with E-state index in [-0.39, 0.29) is 17.3 Å². The normalized spacial score (nSPS) is 14.0. The summed E-state index contributed by atoms with van der Waals surface area (Å²) in [5.41, 5.74) is 0.151. The Morgan fingerprint density at radius 1 is 1.28 bits per heavy atom. The predicted octanol–water partition coefficient (Wildman–Crippen LogP) is 1.83. The summed E-state index contributed by atoms with van der Waals surface area (Å²) in [7, 11) is 0. The first-order chi connectivity index (χ1) is 11.9. The zero-order valence-corrected chi connectivity index (χ0v) is 13.7. The van der Waals surface area contributed by atoms with Crippen molar-refractivity contribution in [3.63, 3.8) is 0 Å². The summed E-state index contributed by atoms with van der Waals surface area (Å²) in [4.78, 5) is 45.4. The zero-order valence-electron chi connectivity index (χ0n) is 13.7. The smallest absolute Gasteiger partial charge is 0.338 e. The van der Waals surface area contributed by atoms with Gasteiger partial charge in [0.1, 0.15) is 0 Å². The number of hydrogen-bond acceptors (Lipinski definition) is 6. The van der Waals surface area contributed by atoms with Crippen LogP contribution in [0.25, 0.3) is 0 Å². The molecule has 1 aliphatic carbocycles. The highest BCUT2D eigenvalue weighted by Crippen LogP contribution is 2.19. The molecule has 0 aliphatic heterocycles. The summed E-state index contributed by atoms with van der Waals surface area (Å²) in [6.07, 6.45) is 3.84. The van der Waals surface area contributed by atoms with Gasteiger partial charge in [0.2, 0.25) is 0 Å². The standard InChI is InChI=1S/C16H19N3O6/c1-10-6-7-11(8-13(10)19(23)24)15(21)25-9-14(20)18-16(22)17-12-4-2-3-5-12/h6-8,12H,2-5,9H2,1H3,(H2,17,18,20,22). The van der Waals surface area contributed by atoms with E-state index in [0.29, 0.717) is 5.56 Å². The van der Waals surface area contributed by atoms with Crippen LogP contribution in [0, 0.1) is 17.0 Å². The molecule has 0 bridgehead atoms. The van der Waals surface area contributed by atoms with E-state index in [9.17, 15) is 24.5 Å². The van der Waals surface area contributed by atoms with E-state index in [4.69, 9.17) is 4.74 Å². The first-order valence-corrected chi connectivity index (χ1v) is 7.89. The molecule has 2 rings (SSSR count). The average molecular weight is 349 g/mol. The van der Waals surface area contributed by atoms with Crippen LogP contribution in [0.15, 0.2) is 18.2 Å². The van der Waals surface area contributed by atoms with Gasteiger partial charge < -0.3 is 10.1 Å². The summed E-state index contributed by atoms with van der Waals surface area (Å²) >= 11 is 0. The molecule has 3 amide bonds. The highest BCUT2D eigenvalue weighted by molar-refractivity contribution is 5.97. The van der Waals surface area contributed by atoms with E-state index in [2.05, 4.69) is 10.6 Å². The van der Waals surface area contributed by atoms with Gasteiger partial charge >= 0.3 is 12.0 Å². The summed E-state index contributed by atoms with van der Waals surface area (Å²) in [6, 6.07) is 3.31. The number of nitro groups is 1. The Morgan fingerprint density at radius 2 is 1.96 bits per heavy atom. The molecule has 25 heavy (non-hydrogen) atoms. The number of nitrogens with zero attached hydrogens (tertiary/aromatic N) is 1. The van der Waals surface area contributed by atoms with Crippen LogP contribution in [0.2, 0.25) is 0 Å². The van der Waals surface area contributed by atoms with Crippen molar-refractivity contribution in [1.29, 1.82) is 0 Å². The first-order valence-electron chi connectivity index (χ1n) is 7.89. The Hall–Kier alpha value is -2.97. The maximum atomic E-state index is 11.9. The van der Waals surface area contributed by atoms with Crippen molar-refractivity contribution < 1.29 is 24.0 Å². The van der Waals surface area contributed by atoms with Gasteiger partial charge in [-0.25, -0.2) is 9.59 Å². The van der Waals surface area contributed by atoms with Gasteiger partial charge in [-0.05, 0) is 25.8 Å². The monoisotopic (exact) mass is 349 g/mol. The third-order valence-corrected chi connectivity index (χ3v) is 3.92. The molecule has 9 heteroatoms. The molecule has 1 aromatic carbocycles. The molecule has 0 aromatic heterocycles. The fourth-order valence-corrected chi connectivity index (χ4v) is 2.60. The highest BCUT2D eigenvalue weighted by atomic mass is 16.6. The quantitative estimate of drug-likeness (QED) is 0.474. The lowest BCUT2D eigenvalue weighted by Gasteiger charge is -2.12.